The molecule has 21 heavy (non-hydrogen) atoms. The van der Waals surface area contributed by atoms with E-state index in [2.05, 4.69) is 54.2 Å². The molecule has 110 valence electrons. The van der Waals surface area contributed by atoms with E-state index < -0.39 is 0 Å². The fraction of sp³-hybridized carbons (Fsp3) is 0.294. The van der Waals surface area contributed by atoms with E-state index in [4.69, 9.17) is 11.6 Å². The van der Waals surface area contributed by atoms with Crippen molar-refractivity contribution in [3.05, 3.63) is 56.1 Å². The SMILES string of the molecule is CCNC(Cc1csc2ccccc12)c1scc(C)c1Cl. The lowest BCUT2D eigenvalue weighted by Gasteiger charge is -2.17. The Labute approximate surface area is 138 Å². The van der Waals surface area contributed by atoms with Crippen molar-refractivity contribution >= 4 is 44.4 Å². The first kappa shape index (κ1) is 15.0. The molecule has 1 unspecified atom stereocenters. The van der Waals surface area contributed by atoms with Crippen LogP contribution in [0.4, 0.5) is 0 Å². The Morgan fingerprint density at radius 2 is 2.00 bits per heavy atom. The summed E-state index contributed by atoms with van der Waals surface area (Å²) in [6, 6.07) is 8.91. The largest absolute Gasteiger partial charge is 0.309 e. The van der Waals surface area contributed by atoms with Crippen molar-refractivity contribution in [1.82, 2.24) is 5.32 Å². The average molecular weight is 336 g/mol. The van der Waals surface area contributed by atoms with Crippen molar-refractivity contribution in [2.24, 2.45) is 0 Å². The van der Waals surface area contributed by atoms with E-state index in [0.717, 1.165) is 18.0 Å². The molecule has 0 radical (unpaired) electrons. The molecule has 0 spiro atoms. The summed E-state index contributed by atoms with van der Waals surface area (Å²) in [6.07, 6.45) is 0.984. The van der Waals surface area contributed by atoms with E-state index in [1.807, 2.05) is 11.3 Å². The van der Waals surface area contributed by atoms with Crippen LogP contribution in [-0.2, 0) is 6.42 Å². The highest BCUT2D eigenvalue weighted by atomic mass is 35.5. The van der Waals surface area contributed by atoms with Crippen LogP contribution in [0.15, 0.2) is 35.0 Å². The maximum atomic E-state index is 6.47. The Balaban J connectivity index is 1.94. The molecule has 3 aromatic rings. The Morgan fingerprint density at radius 3 is 2.71 bits per heavy atom. The molecule has 0 aliphatic carbocycles. The van der Waals surface area contributed by atoms with Gasteiger partial charge in [0, 0.05) is 15.6 Å². The van der Waals surface area contributed by atoms with Gasteiger partial charge in [-0.05, 0) is 53.2 Å². The molecule has 2 heterocycles. The fourth-order valence-corrected chi connectivity index (χ4v) is 4.98. The predicted octanol–water partition coefficient (Wildman–Crippen LogP) is 5.82. The van der Waals surface area contributed by atoms with Gasteiger partial charge in [-0.1, -0.05) is 36.7 Å². The van der Waals surface area contributed by atoms with Crippen LogP contribution in [0.1, 0.15) is 29.0 Å². The standard InChI is InChI=1S/C17H18ClNS2/c1-3-19-14(17-16(18)11(2)9-21-17)8-12-10-20-15-7-5-4-6-13(12)15/h4-7,9-10,14,19H,3,8H2,1-2H3. The van der Waals surface area contributed by atoms with Crippen LogP contribution < -0.4 is 5.32 Å². The molecule has 0 bridgehead atoms. The van der Waals surface area contributed by atoms with Gasteiger partial charge in [0.1, 0.15) is 0 Å². The van der Waals surface area contributed by atoms with Crippen molar-refractivity contribution < 1.29 is 0 Å². The van der Waals surface area contributed by atoms with Gasteiger partial charge >= 0.3 is 0 Å². The van der Waals surface area contributed by atoms with E-state index in [1.165, 1.54) is 26.1 Å². The fourth-order valence-electron chi connectivity index (χ4n) is 2.60. The Kier molecular flexibility index (Phi) is 4.65. The molecule has 2 aromatic heterocycles. The van der Waals surface area contributed by atoms with E-state index in [9.17, 15) is 0 Å². The number of likely N-dealkylation sites (N-methyl/N-ethyl adjacent to an activating group) is 1. The second-order valence-electron chi connectivity index (χ2n) is 5.17. The number of halogens is 1. The van der Waals surface area contributed by atoms with Gasteiger partial charge in [0.2, 0.25) is 0 Å². The summed E-state index contributed by atoms with van der Waals surface area (Å²) in [5, 5.41) is 10.3. The Hall–Kier alpha value is -0.870. The summed E-state index contributed by atoms with van der Waals surface area (Å²) < 4.78 is 1.36. The highest BCUT2D eigenvalue weighted by Gasteiger charge is 2.19. The van der Waals surface area contributed by atoms with E-state index in [-0.39, 0.29) is 0 Å². The third-order valence-electron chi connectivity index (χ3n) is 3.68. The predicted molar refractivity (Wildman–Crippen MR) is 96.0 cm³/mol. The second kappa shape index (κ2) is 6.49. The van der Waals surface area contributed by atoms with Crippen molar-refractivity contribution in [3.63, 3.8) is 0 Å². The molecular weight excluding hydrogens is 318 g/mol. The third-order valence-corrected chi connectivity index (χ3v) is 6.52. The number of thiophene rings is 2. The number of rotatable bonds is 5. The van der Waals surface area contributed by atoms with E-state index in [0.29, 0.717) is 6.04 Å². The van der Waals surface area contributed by atoms with Crippen molar-refractivity contribution in [1.29, 1.82) is 0 Å². The first-order valence-electron chi connectivity index (χ1n) is 7.12. The minimum atomic E-state index is 0.291. The van der Waals surface area contributed by atoms with Gasteiger partial charge in [0.05, 0.1) is 5.02 Å². The van der Waals surface area contributed by atoms with Gasteiger partial charge in [-0.15, -0.1) is 22.7 Å². The molecule has 1 atom stereocenters. The van der Waals surface area contributed by atoms with Crippen molar-refractivity contribution in [3.8, 4) is 0 Å². The van der Waals surface area contributed by atoms with Crippen LogP contribution in [0.5, 0.6) is 0 Å². The Bertz CT molecular complexity index is 744. The summed E-state index contributed by atoms with van der Waals surface area (Å²) >= 11 is 10.1. The lowest BCUT2D eigenvalue weighted by atomic mass is 10.0. The van der Waals surface area contributed by atoms with Crippen LogP contribution in [0.2, 0.25) is 5.02 Å². The molecule has 4 heteroatoms. The summed E-state index contributed by atoms with van der Waals surface area (Å²) in [4.78, 5) is 1.26. The summed E-state index contributed by atoms with van der Waals surface area (Å²) in [6.45, 7) is 5.17. The summed E-state index contributed by atoms with van der Waals surface area (Å²) in [5.74, 6) is 0. The molecule has 0 saturated carbocycles. The maximum Gasteiger partial charge on any atom is 0.0590 e. The van der Waals surface area contributed by atoms with Gasteiger partial charge in [0.25, 0.3) is 0 Å². The molecule has 0 amide bonds. The average Bonchev–Trinajstić information content (AvgIpc) is 3.04. The van der Waals surface area contributed by atoms with Gasteiger partial charge in [0.15, 0.2) is 0 Å². The molecular formula is C17H18ClNS2. The van der Waals surface area contributed by atoms with Crippen molar-refractivity contribution in [2.75, 3.05) is 6.54 Å². The summed E-state index contributed by atoms with van der Waals surface area (Å²) in [5.41, 5.74) is 2.58. The minimum absolute atomic E-state index is 0.291. The first-order chi connectivity index (χ1) is 10.2. The van der Waals surface area contributed by atoms with Gasteiger partial charge in [-0.25, -0.2) is 0 Å². The summed E-state index contributed by atoms with van der Waals surface area (Å²) in [7, 11) is 0. The third kappa shape index (κ3) is 3.02. The molecule has 1 N–H and O–H groups in total. The minimum Gasteiger partial charge on any atom is -0.309 e. The zero-order chi connectivity index (χ0) is 14.8. The number of aryl methyl sites for hydroxylation is 1. The quantitative estimate of drug-likeness (QED) is 0.619. The van der Waals surface area contributed by atoms with Gasteiger partial charge < -0.3 is 5.32 Å². The normalized spacial score (nSPS) is 12.9. The monoisotopic (exact) mass is 335 g/mol. The van der Waals surface area contributed by atoms with E-state index in [1.54, 1.807) is 11.3 Å². The van der Waals surface area contributed by atoms with Crippen LogP contribution >= 0.6 is 34.3 Å². The van der Waals surface area contributed by atoms with Crippen LogP contribution in [0.25, 0.3) is 10.1 Å². The Morgan fingerprint density at radius 1 is 1.19 bits per heavy atom. The van der Waals surface area contributed by atoms with Gasteiger partial charge in [-0.2, -0.15) is 0 Å². The number of fused-ring (bicyclic) bond motifs is 1. The van der Waals surface area contributed by atoms with Gasteiger partial charge in [-0.3, -0.25) is 0 Å². The molecule has 1 aromatic carbocycles. The van der Waals surface area contributed by atoms with E-state index >= 15 is 0 Å². The number of hydrogen-bond acceptors (Lipinski definition) is 3. The number of benzene rings is 1. The van der Waals surface area contributed by atoms with Crippen molar-refractivity contribution in [2.45, 2.75) is 26.3 Å². The lowest BCUT2D eigenvalue weighted by Crippen LogP contribution is -2.22. The zero-order valence-electron chi connectivity index (χ0n) is 12.2. The molecule has 0 saturated heterocycles. The molecule has 1 nitrogen and oxygen atoms in total. The molecule has 0 aliphatic rings. The maximum absolute atomic E-state index is 6.47. The smallest absolute Gasteiger partial charge is 0.0590 e. The first-order valence-corrected chi connectivity index (χ1v) is 9.26. The zero-order valence-corrected chi connectivity index (χ0v) is 14.5. The molecule has 3 rings (SSSR count). The highest BCUT2D eigenvalue weighted by molar-refractivity contribution is 7.17. The highest BCUT2D eigenvalue weighted by Crippen LogP contribution is 2.36. The second-order valence-corrected chi connectivity index (χ2v) is 7.37. The molecule has 0 aliphatic heterocycles. The van der Waals surface area contributed by atoms with Crippen LogP contribution in [0.3, 0.4) is 0 Å². The molecule has 0 fully saturated rings. The number of hydrogen-bond donors (Lipinski definition) is 1. The van der Waals surface area contributed by atoms with Crippen LogP contribution in [-0.4, -0.2) is 6.54 Å². The lowest BCUT2D eigenvalue weighted by molar-refractivity contribution is 0.560. The topological polar surface area (TPSA) is 12.0 Å². The number of nitrogens with one attached hydrogen (secondary N) is 1. The van der Waals surface area contributed by atoms with Crippen LogP contribution in [0, 0.1) is 6.92 Å².